The van der Waals surface area contributed by atoms with Crippen LogP contribution in [0, 0.1) is 23.5 Å². The number of amides is 1. The Morgan fingerprint density at radius 1 is 1.12 bits per heavy atom. The molecule has 5 nitrogen and oxygen atoms in total. The molecule has 0 bridgehead atoms. The van der Waals surface area contributed by atoms with Gasteiger partial charge >= 0.3 is 0 Å². The van der Waals surface area contributed by atoms with E-state index in [1.54, 1.807) is 0 Å². The van der Waals surface area contributed by atoms with Crippen molar-refractivity contribution in [2.24, 2.45) is 11.8 Å². The highest BCUT2D eigenvalue weighted by atomic mass is 32.2. The van der Waals surface area contributed by atoms with Crippen molar-refractivity contribution in [3.8, 4) is 0 Å². The summed E-state index contributed by atoms with van der Waals surface area (Å²) in [5.74, 6) is -1.88. The van der Waals surface area contributed by atoms with Gasteiger partial charge in [0.05, 0.1) is 4.90 Å². The first-order chi connectivity index (χ1) is 11.6. The Morgan fingerprint density at radius 2 is 1.64 bits per heavy atom. The van der Waals surface area contributed by atoms with E-state index in [4.69, 9.17) is 0 Å². The van der Waals surface area contributed by atoms with Crippen molar-refractivity contribution in [3.05, 3.63) is 29.8 Å². The smallest absolute Gasteiger partial charge is 0.243 e. The number of nitrogens with zero attached hydrogens (tertiary/aromatic N) is 1. The molecule has 1 saturated heterocycles. The van der Waals surface area contributed by atoms with Gasteiger partial charge in [0.2, 0.25) is 15.9 Å². The van der Waals surface area contributed by atoms with Crippen LogP contribution < -0.4 is 5.32 Å². The number of piperidine rings is 1. The van der Waals surface area contributed by atoms with Crippen LogP contribution in [0.1, 0.15) is 33.6 Å². The van der Waals surface area contributed by atoms with Gasteiger partial charge < -0.3 is 5.32 Å². The lowest BCUT2D eigenvalue weighted by Gasteiger charge is -2.31. The minimum Gasteiger partial charge on any atom is -0.353 e. The maximum Gasteiger partial charge on any atom is 0.243 e. The lowest BCUT2D eigenvalue weighted by molar-refractivity contribution is -0.127. The zero-order valence-corrected chi connectivity index (χ0v) is 15.4. The normalized spacial score (nSPS) is 18.3. The fourth-order valence-corrected chi connectivity index (χ4v) is 4.21. The third-order valence-electron chi connectivity index (χ3n) is 4.67. The summed E-state index contributed by atoms with van der Waals surface area (Å²) in [5, 5.41) is 2.94. The van der Waals surface area contributed by atoms with Crippen LogP contribution in [0.25, 0.3) is 0 Å². The van der Waals surface area contributed by atoms with Crippen LogP contribution in [0.2, 0.25) is 0 Å². The van der Waals surface area contributed by atoms with Crippen LogP contribution in [-0.2, 0) is 14.8 Å². The van der Waals surface area contributed by atoms with Crippen molar-refractivity contribution in [1.82, 2.24) is 9.62 Å². The summed E-state index contributed by atoms with van der Waals surface area (Å²) in [6, 6.07) is 2.29. The number of halogens is 2. The zero-order chi connectivity index (χ0) is 18.8. The maximum absolute atomic E-state index is 13.3. The van der Waals surface area contributed by atoms with Gasteiger partial charge in [-0.25, -0.2) is 17.2 Å². The van der Waals surface area contributed by atoms with E-state index < -0.39 is 26.6 Å². The van der Waals surface area contributed by atoms with Gasteiger partial charge in [0.1, 0.15) is 11.6 Å². The molecule has 1 aliphatic rings. The van der Waals surface area contributed by atoms with E-state index in [1.165, 1.54) is 4.31 Å². The number of carbonyl (C=O) groups excluding carboxylic acids is 1. The average Bonchev–Trinajstić information content (AvgIpc) is 2.53. The predicted molar refractivity (Wildman–Crippen MR) is 90.3 cm³/mol. The average molecular weight is 374 g/mol. The van der Waals surface area contributed by atoms with Gasteiger partial charge in [-0.05, 0) is 37.8 Å². The molecular formula is C17H24F2N2O3S. The molecule has 1 aromatic carbocycles. The molecule has 0 aromatic heterocycles. The molecule has 0 spiro atoms. The van der Waals surface area contributed by atoms with Crippen LogP contribution in [0.15, 0.2) is 23.1 Å². The van der Waals surface area contributed by atoms with Gasteiger partial charge in [0, 0.05) is 31.1 Å². The second-order valence-corrected chi connectivity index (χ2v) is 8.76. The van der Waals surface area contributed by atoms with Gasteiger partial charge in [-0.3, -0.25) is 4.79 Å². The Hall–Kier alpha value is -1.54. The standard InChI is InChI=1S/C17H24F2N2O3S/c1-11(2)12(3)20-17(22)13-4-6-21(7-5-13)25(23,24)16-9-14(18)8-15(19)10-16/h8-13H,4-7H2,1-3H3,(H,20,22)/t12-/m0/s1. The van der Waals surface area contributed by atoms with Crippen LogP contribution in [0.5, 0.6) is 0 Å². The van der Waals surface area contributed by atoms with Gasteiger partial charge in [0.25, 0.3) is 0 Å². The van der Waals surface area contributed by atoms with Gasteiger partial charge in [-0.1, -0.05) is 13.8 Å². The number of nitrogens with one attached hydrogen (secondary N) is 1. The first-order valence-corrected chi connectivity index (χ1v) is 9.82. The van der Waals surface area contributed by atoms with E-state index in [9.17, 15) is 22.0 Å². The molecule has 1 N–H and O–H groups in total. The fraction of sp³-hybridized carbons (Fsp3) is 0.588. The Bertz CT molecular complexity index is 709. The summed E-state index contributed by atoms with van der Waals surface area (Å²) in [5.41, 5.74) is 0. The van der Waals surface area contributed by atoms with E-state index in [2.05, 4.69) is 5.32 Å². The van der Waals surface area contributed by atoms with Crippen molar-refractivity contribution in [2.45, 2.75) is 44.6 Å². The first kappa shape index (κ1) is 19.8. The number of sulfonamides is 1. The topological polar surface area (TPSA) is 66.5 Å². The molecule has 0 saturated carbocycles. The van der Waals surface area contributed by atoms with Crippen LogP contribution in [-0.4, -0.2) is 37.8 Å². The molecule has 1 fully saturated rings. The Labute approximate surface area is 147 Å². The molecule has 1 amide bonds. The minimum absolute atomic E-state index is 0.0459. The summed E-state index contributed by atoms with van der Waals surface area (Å²) in [6.07, 6.45) is 0.765. The largest absolute Gasteiger partial charge is 0.353 e. The Morgan fingerprint density at radius 3 is 2.12 bits per heavy atom. The summed E-state index contributed by atoms with van der Waals surface area (Å²) >= 11 is 0. The highest BCUT2D eigenvalue weighted by molar-refractivity contribution is 7.89. The summed E-state index contributed by atoms with van der Waals surface area (Å²) < 4.78 is 52.8. The lowest BCUT2D eigenvalue weighted by atomic mass is 9.96. The molecule has 8 heteroatoms. The lowest BCUT2D eigenvalue weighted by Crippen LogP contribution is -2.45. The van der Waals surface area contributed by atoms with E-state index in [0.29, 0.717) is 24.8 Å². The molecular weight excluding hydrogens is 350 g/mol. The quantitative estimate of drug-likeness (QED) is 0.861. The van der Waals surface area contributed by atoms with Crippen molar-refractivity contribution in [2.75, 3.05) is 13.1 Å². The van der Waals surface area contributed by atoms with Crippen molar-refractivity contribution in [3.63, 3.8) is 0 Å². The number of hydrogen-bond donors (Lipinski definition) is 1. The van der Waals surface area contributed by atoms with Gasteiger partial charge in [0.15, 0.2) is 0 Å². The zero-order valence-electron chi connectivity index (χ0n) is 14.6. The summed E-state index contributed by atoms with van der Waals surface area (Å²) in [4.78, 5) is 11.8. The third kappa shape index (κ3) is 4.76. The molecule has 25 heavy (non-hydrogen) atoms. The summed E-state index contributed by atoms with van der Waals surface area (Å²) in [7, 11) is -3.97. The van der Waals surface area contributed by atoms with Crippen molar-refractivity contribution in [1.29, 1.82) is 0 Å². The molecule has 0 aliphatic carbocycles. The predicted octanol–water partition coefficient (Wildman–Crippen LogP) is 2.53. The number of rotatable bonds is 5. The van der Waals surface area contributed by atoms with Crippen molar-refractivity contribution < 1.29 is 22.0 Å². The first-order valence-electron chi connectivity index (χ1n) is 8.38. The van der Waals surface area contributed by atoms with Gasteiger partial charge in [-0.15, -0.1) is 0 Å². The van der Waals surface area contributed by atoms with Gasteiger partial charge in [-0.2, -0.15) is 4.31 Å². The Kier molecular flexibility index (Phi) is 6.16. The van der Waals surface area contributed by atoms with Crippen LogP contribution >= 0.6 is 0 Å². The molecule has 1 aliphatic heterocycles. The molecule has 0 unspecified atom stereocenters. The molecule has 140 valence electrons. The molecule has 0 radical (unpaired) electrons. The number of hydrogen-bond acceptors (Lipinski definition) is 3. The SMILES string of the molecule is CC(C)[C@H](C)NC(=O)C1CCN(S(=O)(=O)c2cc(F)cc(F)c2)CC1. The van der Waals surface area contributed by atoms with E-state index in [-0.39, 0.29) is 31.0 Å². The second kappa shape index (κ2) is 7.78. The molecule has 2 rings (SSSR count). The molecule has 1 aromatic rings. The van der Waals surface area contributed by atoms with Crippen LogP contribution in [0.4, 0.5) is 8.78 Å². The number of carbonyl (C=O) groups is 1. The fourth-order valence-electron chi connectivity index (χ4n) is 2.69. The highest BCUT2D eigenvalue weighted by Crippen LogP contribution is 2.25. The van der Waals surface area contributed by atoms with Crippen LogP contribution in [0.3, 0.4) is 0 Å². The van der Waals surface area contributed by atoms with E-state index in [0.717, 1.165) is 12.1 Å². The molecule has 1 atom stereocenters. The molecule has 1 heterocycles. The Balaban J connectivity index is 2.02. The van der Waals surface area contributed by atoms with Crippen molar-refractivity contribution >= 4 is 15.9 Å². The monoisotopic (exact) mass is 374 g/mol. The van der Waals surface area contributed by atoms with E-state index >= 15 is 0 Å². The van der Waals surface area contributed by atoms with E-state index in [1.807, 2.05) is 20.8 Å². The number of benzene rings is 1. The third-order valence-corrected chi connectivity index (χ3v) is 6.54. The highest BCUT2D eigenvalue weighted by Gasteiger charge is 2.33. The maximum atomic E-state index is 13.3. The second-order valence-electron chi connectivity index (χ2n) is 6.82. The minimum atomic E-state index is -3.97. The summed E-state index contributed by atoms with van der Waals surface area (Å²) in [6.45, 7) is 6.25.